The summed E-state index contributed by atoms with van der Waals surface area (Å²) in [6, 6.07) is 10.5. The summed E-state index contributed by atoms with van der Waals surface area (Å²) in [5.41, 5.74) is 0.442. The molecule has 12 heteroatoms. The molecule has 2 heterocycles. The molecule has 0 spiro atoms. The van der Waals surface area contributed by atoms with Crippen LogP contribution in [0, 0.1) is 17.0 Å². The van der Waals surface area contributed by atoms with Gasteiger partial charge in [0.05, 0.1) is 28.8 Å². The lowest BCUT2D eigenvalue weighted by atomic mass is 9.95. The fraction of sp³-hybridized carbons (Fsp3) is 0.241. The number of hydrogen-bond donors (Lipinski definition) is 1. The van der Waals surface area contributed by atoms with Crippen molar-refractivity contribution in [3.8, 4) is 5.75 Å². The van der Waals surface area contributed by atoms with Crippen LogP contribution < -0.4 is 9.64 Å². The molecule has 1 saturated heterocycles. The van der Waals surface area contributed by atoms with Crippen LogP contribution in [0.2, 0.25) is 0 Å². The molecule has 1 atom stereocenters. The van der Waals surface area contributed by atoms with E-state index in [-0.39, 0.29) is 39.1 Å². The number of nitro groups is 1. The third kappa shape index (κ3) is 6.02. The molecule has 0 unspecified atom stereocenters. The van der Waals surface area contributed by atoms with E-state index in [2.05, 4.69) is 11.6 Å². The van der Waals surface area contributed by atoms with Crippen molar-refractivity contribution < 1.29 is 33.9 Å². The second-order valence-electron chi connectivity index (χ2n) is 9.04. The van der Waals surface area contributed by atoms with Crippen LogP contribution in [0.3, 0.4) is 0 Å². The Labute approximate surface area is 239 Å². The number of aliphatic hydroxyl groups is 1. The minimum atomic E-state index is -1.18. The molecule has 4 rings (SSSR count). The fourth-order valence-corrected chi connectivity index (χ4v) is 5.18. The number of unbranched alkanes of at least 4 members (excludes halogenated alkanes) is 1. The summed E-state index contributed by atoms with van der Waals surface area (Å²) in [4.78, 5) is 55.6. The van der Waals surface area contributed by atoms with Crippen LogP contribution in [-0.2, 0) is 14.3 Å². The minimum Gasteiger partial charge on any atom is -0.507 e. The molecule has 212 valence electrons. The third-order valence-corrected chi connectivity index (χ3v) is 7.40. The van der Waals surface area contributed by atoms with Gasteiger partial charge < -0.3 is 14.6 Å². The van der Waals surface area contributed by atoms with Gasteiger partial charge in [0.2, 0.25) is 0 Å². The third-order valence-electron chi connectivity index (χ3n) is 6.27. The number of non-ortho nitro benzene ring substituents is 1. The lowest BCUT2D eigenvalue weighted by molar-refractivity contribution is -0.384. The Kier molecular flexibility index (Phi) is 8.93. The van der Waals surface area contributed by atoms with Gasteiger partial charge in [-0.2, -0.15) is 0 Å². The monoisotopic (exact) mass is 577 g/mol. The second-order valence-corrected chi connectivity index (χ2v) is 10.0. The number of carbonyl (C=O) groups is 3. The maximum Gasteiger partial charge on any atom is 0.350 e. The number of aryl methyl sites for hydroxylation is 1. The molecule has 1 fully saturated rings. The molecule has 3 aromatic rings. The number of carbonyl (C=O) groups excluding carboxylic acids is 3. The second kappa shape index (κ2) is 12.6. The SMILES string of the molecule is C=CCOC(=O)c1sc(N2C(=O)C(=O)C(=C(O)c3ccc(OCCCC)cc3)[C@@H]2c2ccc([N+](=O)[O-])cc2)nc1C. The molecule has 1 aliphatic heterocycles. The molecule has 1 amide bonds. The molecule has 0 saturated carbocycles. The molecular formula is C29H27N3O8S. The van der Waals surface area contributed by atoms with Crippen LogP contribution in [0.25, 0.3) is 5.76 Å². The summed E-state index contributed by atoms with van der Waals surface area (Å²) in [5.74, 6) is -2.48. The van der Waals surface area contributed by atoms with Crippen molar-refractivity contribution in [1.29, 1.82) is 0 Å². The van der Waals surface area contributed by atoms with Crippen LogP contribution in [0.15, 0.2) is 66.8 Å². The molecular weight excluding hydrogens is 550 g/mol. The number of ether oxygens (including phenoxy) is 2. The molecule has 1 aliphatic rings. The van der Waals surface area contributed by atoms with Crippen molar-refractivity contribution in [2.45, 2.75) is 32.7 Å². The molecule has 0 bridgehead atoms. The van der Waals surface area contributed by atoms with Gasteiger partial charge in [-0.25, -0.2) is 9.78 Å². The molecule has 2 aromatic carbocycles. The summed E-state index contributed by atoms with van der Waals surface area (Å²) >= 11 is 0.852. The van der Waals surface area contributed by atoms with E-state index in [1.807, 2.05) is 6.92 Å². The number of esters is 1. The average Bonchev–Trinajstić information content (AvgIpc) is 3.48. The normalized spacial score (nSPS) is 16.0. The molecule has 1 aromatic heterocycles. The average molecular weight is 578 g/mol. The summed E-state index contributed by atoms with van der Waals surface area (Å²) < 4.78 is 10.8. The van der Waals surface area contributed by atoms with Crippen LogP contribution in [-0.4, -0.2) is 45.9 Å². The van der Waals surface area contributed by atoms with E-state index in [0.29, 0.717) is 17.9 Å². The Morgan fingerprint density at radius 1 is 1.20 bits per heavy atom. The number of aromatic nitrogens is 1. The first-order valence-corrected chi connectivity index (χ1v) is 13.5. The number of Topliss-reactive ketones (excluding diaryl/α,β-unsaturated/α-hetero) is 1. The van der Waals surface area contributed by atoms with E-state index in [4.69, 9.17) is 9.47 Å². The van der Waals surface area contributed by atoms with Gasteiger partial charge in [-0.15, -0.1) is 0 Å². The van der Waals surface area contributed by atoms with E-state index in [1.165, 1.54) is 30.3 Å². The highest BCUT2D eigenvalue weighted by molar-refractivity contribution is 7.17. The van der Waals surface area contributed by atoms with E-state index < -0.39 is 34.4 Å². The Bertz CT molecular complexity index is 1530. The zero-order chi connectivity index (χ0) is 29.7. The highest BCUT2D eigenvalue weighted by atomic mass is 32.1. The number of rotatable bonds is 11. The van der Waals surface area contributed by atoms with Crippen LogP contribution >= 0.6 is 11.3 Å². The standard InChI is InChI=1S/C29H27N3O8S/c1-4-6-16-39-21-13-9-19(10-14-21)24(33)22-23(18-7-11-20(12-8-18)32(37)38)31(27(35)25(22)34)29-30-17(3)26(41-29)28(36)40-15-5-2/h5,7-14,23,33H,2,4,6,15-16H2,1,3H3/t23-/m0/s1. The summed E-state index contributed by atoms with van der Waals surface area (Å²) in [5, 5.41) is 22.6. The van der Waals surface area contributed by atoms with E-state index in [9.17, 15) is 29.6 Å². The van der Waals surface area contributed by atoms with Crippen molar-refractivity contribution in [2.24, 2.45) is 0 Å². The van der Waals surface area contributed by atoms with Crippen LogP contribution in [0.1, 0.15) is 52.3 Å². The highest BCUT2D eigenvalue weighted by Gasteiger charge is 2.48. The first kappa shape index (κ1) is 29.2. The Morgan fingerprint density at radius 3 is 2.49 bits per heavy atom. The van der Waals surface area contributed by atoms with Crippen molar-refractivity contribution in [2.75, 3.05) is 18.1 Å². The van der Waals surface area contributed by atoms with Gasteiger partial charge in [0.15, 0.2) is 5.13 Å². The number of amides is 1. The van der Waals surface area contributed by atoms with Crippen LogP contribution in [0.4, 0.5) is 10.8 Å². The number of nitro benzene ring substituents is 1. The molecule has 0 radical (unpaired) electrons. The smallest absolute Gasteiger partial charge is 0.350 e. The molecule has 11 nitrogen and oxygen atoms in total. The highest BCUT2D eigenvalue weighted by Crippen LogP contribution is 2.44. The largest absolute Gasteiger partial charge is 0.507 e. The molecule has 0 aliphatic carbocycles. The van der Waals surface area contributed by atoms with E-state index in [1.54, 1.807) is 31.2 Å². The Balaban J connectivity index is 1.81. The first-order valence-electron chi connectivity index (χ1n) is 12.7. The summed E-state index contributed by atoms with van der Waals surface area (Å²) in [6.45, 7) is 7.62. The van der Waals surface area contributed by atoms with Gasteiger partial charge in [0.1, 0.15) is 23.0 Å². The van der Waals surface area contributed by atoms with E-state index >= 15 is 0 Å². The number of benzene rings is 2. The van der Waals surface area contributed by atoms with Gasteiger partial charge in [0, 0.05) is 17.7 Å². The lowest BCUT2D eigenvalue weighted by Gasteiger charge is -2.23. The zero-order valence-corrected chi connectivity index (χ0v) is 23.2. The first-order chi connectivity index (χ1) is 19.7. The predicted octanol–water partition coefficient (Wildman–Crippen LogP) is 5.51. The molecule has 41 heavy (non-hydrogen) atoms. The van der Waals surface area contributed by atoms with Gasteiger partial charge in [-0.3, -0.25) is 24.6 Å². The van der Waals surface area contributed by atoms with Gasteiger partial charge in [-0.1, -0.05) is 37.3 Å². The van der Waals surface area contributed by atoms with Crippen LogP contribution in [0.5, 0.6) is 5.75 Å². The van der Waals surface area contributed by atoms with Crippen molar-refractivity contribution in [3.63, 3.8) is 0 Å². The van der Waals surface area contributed by atoms with Gasteiger partial charge >= 0.3 is 11.9 Å². The number of anilines is 1. The fourth-order valence-electron chi connectivity index (χ4n) is 4.20. The number of ketones is 1. The topological polar surface area (TPSA) is 149 Å². The maximum atomic E-state index is 13.4. The van der Waals surface area contributed by atoms with Crippen molar-refractivity contribution in [3.05, 3.63) is 98.6 Å². The summed E-state index contributed by atoms with van der Waals surface area (Å²) in [7, 11) is 0. The quantitative estimate of drug-likeness (QED) is 0.0455. The summed E-state index contributed by atoms with van der Waals surface area (Å²) in [6.07, 6.45) is 3.26. The minimum absolute atomic E-state index is 0.0252. The zero-order valence-electron chi connectivity index (χ0n) is 22.4. The molecule has 1 N–H and O–H groups in total. The van der Waals surface area contributed by atoms with Gasteiger partial charge in [-0.05, 0) is 55.3 Å². The number of aliphatic hydroxyl groups excluding tert-OH is 1. The number of hydrogen-bond acceptors (Lipinski definition) is 10. The van der Waals surface area contributed by atoms with Crippen molar-refractivity contribution in [1.82, 2.24) is 4.98 Å². The number of thiazole rings is 1. The lowest BCUT2D eigenvalue weighted by Crippen LogP contribution is -2.29. The van der Waals surface area contributed by atoms with Gasteiger partial charge in [0.25, 0.3) is 11.5 Å². The maximum absolute atomic E-state index is 13.4. The van der Waals surface area contributed by atoms with E-state index in [0.717, 1.165) is 29.1 Å². The Hall–Kier alpha value is -4.84. The Morgan fingerprint density at radius 2 is 1.88 bits per heavy atom. The van der Waals surface area contributed by atoms with Crippen molar-refractivity contribution >= 4 is 45.6 Å². The predicted molar refractivity (Wildman–Crippen MR) is 152 cm³/mol. The number of nitrogens with zero attached hydrogens (tertiary/aromatic N) is 3.